The van der Waals surface area contributed by atoms with Gasteiger partial charge in [-0.05, 0) is 20.8 Å². The minimum absolute atomic E-state index is 0.161. The number of aryl methyl sites for hydroxylation is 1. The first-order chi connectivity index (χ1) is 6.79. The zero-order valence-electron chi connectivity index (χ0n) is 9.27. The predicted molar refractivity (Wildman–Crippen MR) is 54.4 cm³/mol. The Morgan fingerprint density at radius 1 is 1.60 bits per heavy atom. The molecule has 0 saturated carbocycles. The molecule has 0 aromatic carbocycles. The van der Waals surface area contributed by atoms with Gasteiger partial charge in [-0.25, -0.2) is 0 Å². The lowest BCUT2D eigenvalue weighted by Gasteiger charge is -2.23. The van der Waals surface area contributed by atoms with Gasteiger partial charge in [-0.15, -0.1) is 0 Å². The van der Waals surface area contributed by atoms with Gasteiger partial charge in [-0.1, -0.05) is 0 Å². The molecule has 1 atom stereocenters. The normalized spacial score (nSPS) is 13.9. The van der Waals surface area contributed by atoms with Crippen LogP contribution < -0.4 is 10.9 Å². The molecule has 0 amide bonds. The van der Waals surface area contributed by atoms with Crippen molar-refractivity contribution in [1.82, 2.24) is 4.74 Å². The second-order valence-corrected chi connectivity index (χ2v) is 4.17. The Morgan fingerprint density at radius 2 is 2.20 bits per heavy atom. The molecule has 15 heavy (non-hydrogen) atoms. The third-order valence-electron chi connectivity index (χ3n) is 1.59. The Morgan fingerprint density at radius 3 is 2.60 bits per heavy atom. The van der Waals surface area contributed by atoms with Crippen LogP contribution in [0.4, 0.5) is 5.69 Å². The van der Waals surface area contributed by atoms with Gasteiger partial charge in [0.15, 0.2) is 0 Å². The number of aromatic nitrogens is 1. The molecule has 1 heterocycles. The van der Waals surface area contributed by atoms with Crippen molar-refractivity contribution >= 4 is 5.69 Å². The highest BCUT2D eigenvalue weighted by molar-refractivity contribution is 5.36. The summed E-state index contributed by atoms with van der Waals surface area (Å²) in [7, 11) is 1.48. The van der Waals surface area contributed by atoms with Crippen LogP contribution in [-0.2, 0) is 11.8 Å². The first-order valence-electron chi connectivity index (χ1n) is 4.57. The minimum atomic E-state index is -1.24. The summed E-state index contributed by atoms with van der Waals surface area (Å²) in [5, 5.41) is 11.9. The molecule has 0 saturated heterocycles. The molecule has 0 bridgehead atoms. The van der Waals surface area contributed by atoms with Crippen LogP contribution >= 0.6 is 0 Å². The van der Waals surface area contributed by atoms with Gasteiger partial charge in [0.1, 0.15) is 12.0 Å². The monoisotopic (exact) mass is 216 g/mol. The van der Waals surface area contributed by atoms with Crippen molar-refractivity contribution in [2.24, 2.45) is 7.05 Å². The second kappa shape index (κ2) is 4.08. The van der Waals surface area contributed by atoms with Crippen LogP contribution in [0.3, 0.4) is 0 Å². The maximum atomic E-state index is 11.3. The van der Waals surface area contributed by atoms with E-state index in [0.717, 1.165) is 4.74 Å². The van der Waals surface area contributed by atoms with Gasteiger partial charge in [0.05, 0.1) is 5.60 Å². The highest BCUT2D eigenvalue weighted by Gasteiger charge is 2.18. The van der Waals surface area contributed by atoms with Crippen LogP contribution in [0.5, 0.6) is 0 Å². The molecule has 0 aliphatic carbocycles. The number of ether oxygens (including phenoxy) is 1. The highest BCUT2D eigenvalue weighted by atomic mass is 16.6. The lowest BCUT2D eigenvalue weighted by Crippen LogP contribution is -2.33. The topological polar surface area (TPSA) is 76.6 Å². The standard InChI is InChI=1S/C9H16N2O4/c1-9(2,3)15-8(13)10-6-5-14-11(4)7(6)12/h5,8,10,13H,1-4H3. The summed E-state index contributed by atoms with van der Waals surface area (Å²) in [5.74, 6) is 0. The lowest BCUT2D eigenvalue weighted by molar-refractivity contribution is -0.148. The van der Waals surface area contributed by atoms with Crippen molar-refractivity contribution in [2.45, 2.75) is 32.8 Å². The van der Waals surface area contributed by atoms with Crippen LogP contribution in [0.25, 0.3) is 0 Å². The van der Waals surface area contributed by atoms with E-state index in [-0.39, 0.29) is 11.2 Å². The van der Waals surface area contributed by atoms with Crippen LogP contribution in [0.2, 0.25) is 0 Å². The molecule has 1 unspecified atom stereocenters. The van der Waals surface area contributed by atoms with Crippen molar-refractivity contribution in [1.29, 1.82) is 0 Å². The largest absolute Gasteiger partial charge is 0.382 e. The van der Waals surface area contributed by atoms with Crippen molar-refractivity contribution in [3.05, 3.63) is 16.6 Å². The number of rotatable bonds is 3. The molecule has 1 aromatic heterocycles. The van der Waals surface area contributed by atoms with Crippen molar-refractivity contribution in [3.63, 3.8) is 0 Å². The Balaban J connectivity index is 2.63. The average Bonchev–Trinajstić information content (AvgIpc) is 2.32. The molecular weight excluding hydrogens is 200 g/mol. The Hall–Kier alpha value is -1.27. The van der Waals surface area contributed by atoms with E-state index in [0.29, 0.717) is 0 Å². The van der Waals surface area contributed by atoms with E-state index in [9.17, 15) is 9.90 Å². The molecule has 0 spiro atoms. The molecular formula is C9H16N2O4. The first-order valence-corrected chi connectivity index (χ1v) is 4.57. The minimum Gasteiger partial charge on any atom is -0.382 e. The van der Waals surface area contributed by atoms with Gasteiger partial charge in [-0.2, -0.15) is 4.74 Å². The molecule has 0 radical (unpaired) electrons. The average molecular weight is 216 g/mol. The molecule has 86 valence electrons. The van der Waals surface area contributed by atoms with E-state index in [2.05, 4.69) is 5.32 Å². The number of hydrogen-bond acceptors (Lipinski definition) is 5. The number of nitrogens with one attached hydrogen (secondary N) is 1. The molecule has 2 N–H and O–H groups in total. The SMILES string of the molecule is Cn1occ(NC(O)OC(C)(C)C)c1=O. The van der Waals surface area contributed by atoms with Gasteiger partial charge in [0, 0.05) is 7.05 Å². The van der Waals surface area contributed by atoms with Gasteiger partial charge in [0.25, 0.3) is 0 Å². The summed E-state index contributed by atoms with van der Waals surface area (Å²) in [6, 6.07) is 0. The number of nitrogens with zero attached hydrogens (tertiary/aromatic N) is 1. The summed E-state index contributed by atoms with van der Waals surface area (Å²) in [6.45, 7) is 5.39. The Bertz CT molecular complexity index is 374. The maximum Gasteiger partial charge on any atom is 0.305 e. The first kappa shape index (κ1) is 11.8. The van der Waals surface area contributed by atoms with E-state index in [1.165, 1.54) is 13.3 Å². The third-order valence-corrected chi connectivity index (χ3v) is 1.59. The van der Waals surface area contributed by atoms with Gasteiger partial charge in [-0.3, -0.25) is 4.79 Å². The molecule has 0 aliphatic heterocycles. The van der Waals surface area contributed by atoms with Crippen LogP contribution in [0, 0.1) is 0 Å². The van der Waals surface area contributed by atoms with E-state index in [1.807, 2.05) is 0 Å². The fourth-order valence-corrected chi connectivity index (χ4v) is 0.993. The molecule has 0 aliphatic rings. The van der Waals surface area contributed by atoms with Crippen LogP contribution in [-0.4, -0.2) is 21.9 Å². The van der Waals surface area contributed by atoms with E-state index >= 15 is 0 Å². The predicted octanol–water partition coefficient (Wildman–Crippen LogP) is 0.481. The van der Waals surface area contributed by atoms with Crippen molar-refractivity contribution in [2.75, 3.05) is 5.32 Å². The highest BCUT2D eigenvalue weighted by Crippen LogP contribution is 2.10. The van der Waals surface area contributed by atoms with Crippen LogP contribution in [0.1, 0.15) is 20.8 Å². The maximum absolute atomic E-state index is 11.3. The third kappa shape index (κ3) is 3.41. The van der Waals surface area contributed by atoms with E-state index in [1.54, 1.807) is 20.8 Å². The Kier molecular flexibility index (Phi) is 3.21. The van der Waals surface area contributed by atoms with E-state index in [4.69, 9.17) is 9.26 Å². The van der Waals surface area contributed by atoms with Gasteiger partial charge >= 0.3 is 5.56 Å². The molecule has 0 fully saturated rings. The Labute approximate surface area is 87.4 Å². The second-order valence-electron chi connectivity index (χ2n) is 4.17. The molecule has 6 heteroatoms. The quantitative estimate of drug-likeness (QED) is 0.719. The summed E-state index contributed by atoms with van der Waals surface area (Å²) in [6.07, 6.45) is -0.0206. The summed E-state index contributed by atoms with van der Waals surface area (Å²) in [5.41, 5.74) is -0.692. The fraction of sp³-hybridized carbons (Fsp3) is 0.667. The fourth-order valence-electron chi connectivity index (χ4n) is 0.993. The van der Waals surface area contributed by atoms with Crippen LogP contribution in [0.15, 0.2) is 15.6 Å². The zero-order valence-corrected chi connectivity index (χ0v) is 9.27. The zero-order chi connectivity index (χ0) is 11.6. The molecule has 1 aromatic rings. The lowest BCUT2D eigenvalue weighted by atomic mass is 10.2. The summed E-state index contributed by atoms with van der Waals surface area (Å²) < 4.78 is 11.0. The van der Waals surface area contributed by atoms with Gasteiger partial charge in [0.2, 0.25) is 6.41 Å². The number of hydrogen-bond donors (Lipinski definition) is 2. The smallest absolute Gasteiger partial charge is 0.305 e. The number of anilines is 1. The summed E-state index contributed by atoms with van der Waals surface area (Å²) >= 11 is 0. The summed E-state index contributed by atoms with van der Waals surface area (Å²) in [4.78, 5) is 11.3. The van der Waals surface area contributed by atoms with Crippen molar-refractivity contribution in [3.8, 4) is 0 Å². The van der Waals surface area contributed by atoms with E-state index < -0.39 is 12.0 Å². The van der Waals surface area contributed by atoms with Gasteiger partial charge < -0.3 is 19.7 Å². The number of aliphatic hydroxyl groups excluding tert-OH is 1. The molecule has 1 rings (SSSR count). The molecule has 6 nitrogen and oxygen atoms in total. The van der Waals surface area contributed by atoms with Crippen molar-refractivity contribution < 1.29 is 14.4 Å². The number of aliphatic hydroxyl groups is 1.